The number of esters is 1. The maximum Gasteiger partial charge on any atom is 0.309 e. The summed E-state index contributed by atoms with van der Waals surface area (Å²) in [6.07, 6.45) is -0.883. The summed E-state index contributed by atoms with van der Waals surface area (Å²) in [5, 5.41) is 2.61. The summed E-state index contributed by atoms with van der Waals surface area (Å²) in [5.74, 6) is -1.23. The van der Waals surface area contributed by atoms with Crippen LogP contribution >= 0.6 is 0 Å². The number of carbonyl (C=O) groups is 3. The van der Waals surface area contributed by atoms with Gasteiger partial charge in [0.2, 0.25) is 0 Å². The molecule has 0 fully saturated rings. The third-order valence-corrected chi connectivity index (χ3v) is 2.67. The normalized spacial score (nSPS) is 11.8. The third kappa shape index (κ3) is 4.50. The molecule has 0 spiro atoms. The Balaban J connectivity index is 2.68. The summed E-state index contributed by atoms with van der Waals surface area (Å²) < 4.78 is 5.01. The Morgan fingerprint density at radius 3 is 2.35 bits per heavy atom. The standard InChI is InChI=1S/C15H19NO4/c1-9(2)15(19)20-11(4)14(18)16-13-7-5-6-12(8-13)10(3)17/h5-9,11H,1-4H3,(H,16,18)/t11-/m1/s1. The van der Waals surface area contributed by atoms with Crippen molar-refractivity contribution in [2.24, 2.45) is 5.92 Å². The van der Waals surface area contributed by atoms with E-state index >= 15 is 0 Å². The molecule has 0 aromatic heterocycles. The van der Waals surface area contributed by atoms with E-state index in [-0.39, 0.29) is 11.7 Å². The zero-order valence-corrected chi connectivity index (χ0v) is 12.1. The lowest BCUT2D eigenvalue weighted by atomic mass is 10.1. The number of anilines is 1. The highest BCUT2D eigenvalue weighted by Gasteiger charge is 2.19. The van der Waals surface area contributed by atoms with Crippen molar-refractivity contribution >= 4 is 23.3 Å². The van der Waals surface area contributed by atoms with Crippen molar-refractivity contribution in [2.75, 3.05) is 5.32 Å². The van der Waals surface area contributed by atoms with Crippen LogP contribution in [0.4, 0.5) is 5.69 Å². The van der Waals surface area contributed by atoms with E-state index in [1.807, 2.05) is 0 Å². The summed E-state index contributed by atoms with van der Waals surface area (Å²) in [4.78, 5) is 34.5. The molecule has 1 amide bonds. The lowest BCUT2D eigenvalue weighted by Crippen LogP contribution is -2.31. The molecule has 1 aromatic rings. The van der Waals surface area contributed by atoms with E-state index in [2.05, 4.69) is 5.32 Å². The topological polar surface area (TPSA) is 72.5 Å². The smallest absolute Gasteiger partial charge is 0.309 e. The lowest BCUT2D eigenvalue weighted by molar-refractivity contribution is -0.156. The van der Waals surface area contributed by atoms with Crippen molar-refractivity contribution in [1.82, 2.24) is 0 Å². The Morgan fingerprint density at radius 1 is 1.15 bits per heavy atom. The average molecular weight is 277 g/mol. The van der Waals surface area contributed by atoms with Crippen LogP contribution in [0.15, 0.2) is 24.3 Å². The molecular weight excluding hydrogens is 258 g/mol. The largest absolute Gasteiger partial charge is 0.452 e. The fraction of sp³-hybridized carbons (Fsp3) is 0.400. The lowest BCUT2D eigenvalue weighted by Gasteiger charge is -2.15. The SMILES string of the molecule is CC(=O)c1cccc(NC(=O)[C@@H](C)OC(=O)C(C)C)c1. The molecule has 1 N–H and O–H groups in total. The minimum absolute atomic E-state index is 0.0830. The van der Waals surface area contributed by atoms with Crippen molar-refractivity contribution in [3.8, 4) is 0 Å². The Kier molecular flexibility index (Phi) is 5.43. The number of rotatable bonds is 5. The summed E-state index contributed by atoms with van der Waals surface area (Å²) in [6.45, 7) is 6.35. The van der Waals surface area contributed by atoms with Crippen LogP contribution < -0.4 is 5.32 Å². The van der Waals surface area contributed by atoms with E-state index in [9.17, 15) is 14.4 Å². The van der Waals surface area contributed by atoms with Crippen molar-refractivity contribution in [3.63, 3.8) is 0 Å². The maximum atomic E-state index is 11.9. The molecule has 1 aromatic carbocycles. The average Bonchev–Trinajstić information content (AvgIpc) is 2.38. The molecule has 0 aliphatic heterocycles. The first-order chi connectivity index (χ1) is 9.31. The van der Waals surface area contributed by atoms with Crippen LogP contribution in [0.25, 0.3) is 0 Å². The Bertz CT molecular complexity index is 522. The van der Waals surface area contributed by atoms with Crippen molar-refractivity contribution in [2.45, 2.75) is 33.8 Å². The minimum Gasteiger partial charge on any atom is -0.452 e. The maximum absolute atomic E-state index is 11.9. The van der Waals surface area contributed by atoms with Crippen LogP contribution in [-0.4, -0.2) is 23.8 Å². The van der Waals surface area contributed by atoms with Gasteiger partial charge in [-0.05, 0) is 26.0 Å². The Morgan fingerprint density at radius 2 is 1.80 bits per heavy atom. The van der Waals surface area contributed by atoms with Gasteiger partial charge < -0.3 is 10.1 Å². The summed E-state index contributed by atoms with van der Waals surface area (Å²) in [7, 11) is 0. The quantitative estimate of drug-likeness (QED) is 0.662. The van der Waals surface area contributed by atoms with Gasteiger partial charge in [0.05, 0.1) is 5.92 Å². The number of hydrogen-bond acceptors (Lipinski definition) is 4. The van der Waals surface area contributed by atoms with E-state index in [0.717, 1.165) is 0 Å². The predicted molar refractivity (Wildman–Crippen MR) is 75.5 cm³/mol. The zero-order valence-electron chi connectivity index (χ0n) is 12.1. The minimum atomic E-state index is -0.883. The molecule has 0 aliphatic carbocycles. The number of hydrogen-bond donors (Lipinski definition) is 1. The molecule has 5 nitrogen and oxygen atoms in total. The molecule has 0 heterocycles. The van der Waals surface area contributed by atoms with E-state index in [0.29, 0.717) is 11.3 Å². The number of benzene rings is 1. The monoisotopic (exact) mass is 277 g/mol. The molecule has 0 unspecified atom stereocenters. The fourth-order valence-corrected chi connectivity index (χ4v) is 1.42. The van der Waals surface area contributed by atoms with Crippen molar-refractivity contribution < 1.29 is 19.1 Å². The van der Waals surface area contributed by atoms with Crippen LogP contribution in [0, 0.1) is 5.92 Å². The summed E-state index contributed by atoms with van der Waals surface area (Å²) in [5.41, 5.74) is 1.00. The van der Waals surface area contributed by atoms with Crippen LogP contribution in [0.5, 0.6) is 0 Å². The van der Waals surface area contributed by atoms with E-state index < -0.39 is 18.0 Å². The summed E-state index contributed by atoms with van der Waals surface area (Å²) >= 11 is 0. The summed E-state index contributed by atoms with van der Waals surface area (Å²) in [6, 6.07) is 6.59. The van der Waals surface area contributed by atoms with Crippen molar-refractivity contribution in [1.29, 1.82) is 0 Å². The first kappa shape index (κ1) is 15.9. The fourth-order valence-electron chi connectivity index (χ4n) is 1.42. The van der Waals surface area contributed by atoms with Gasteiger partial charge in [-0.2, -0.15) is 0 Å². The second kappa shape index (κ2) is 6.84. The first-order valence-electron chi connectivity index (χ1n) is 6.43. The molecule has 108 valence electrons. The first-order valence-corrected chi connectivity index (χ1v) is 6.43. The van der Waals surface area contributed by atoms with Gasteiger partial charge in [-0.25, -0.2) is 0 Å². The molecule has 1 rings (SSSR count). The highest BCUT2D eigenvalue weighted by molar-refractivity contribution is 5.98. The van der Waals surface area contributed by atoms with Gasteiger partial charge in [0.15, 0.2) is 11.9 Å². The van der Waals surface area contributed by atoms with Crippen LogP contribution in [0.3, 0.4) is 0 Å². The second-order valence-electron chi connectivity index (χ2n) is 4.86. The molecule has 5 heteroatoms. The molecule has 1 atom stereocenters. The van der Waals surface area contributed by atoms with Crippen LogP contribution in [-0.2, 0) is 14.3 Å². The second-order valence-corrected chi connectivity index (χ2v) is 4.86. The van der Waals surface area contributed by atoms with Crippen molar-refractivity contribution in [3.05, 3.63) is 29.8 Å². The van der Waals surface area contributed by atoms with Gasteiger partial charge in [0.1, 0.15) is 0 Å². The Hall–Kier alpha value is -2.17. The van der Waals surface area contributed by atoms with Gasteiger partial charge in [-0.3, -0.25) is 14.4 Å². The molecule has 0 bridgehead atoms. The zero-order chi connectivity index (χ0) is 15.3. The van der Waals surface area contributed by atoms with Gasteiger partial charge >= 0.3 is 5.97 Å². The van der Waals surface area contributed by atoms with E-state index in [1.54, 1.807) is 38.1 Å². The number of Topliss-reactive ketones (excluding diaryl/α,β-unsaturated/α-hetero) is 1. The van der Waals surface area contributed by atoms with Crippen LogP contribution in [0.1, 0.15) is 38.1 Å². The highest BCUT2D eigenvalue weighted by Crippen LogP contribution is 2.12. The predicted octanol–water partition coefficient (Wildman–Crippen LogP) is 2.42. The molecule has 0 saturated carbocycles. The van der Waals surface area contributed by atoms with Gasteiger partial charge in [0, 0.05) is 11.3 Å². The number of amides is 1. The van der Waals surface area contributed by atoms with E-state index in [4.69, 9.17) is 4.74 Å². The molecule has 20 heavy (non-hydrogen) atoms. The van der Waals surface area contributed by atoms with Gasteiger partial charge in [0.25, 0.3) is 5.91 Å². The number of ketones is 1. The molecule has 0 saturated heterocycles. The van der Waals surface area contributed by atoms with Crippen LogP contribution in [0.2, 0.25) is 0 Å². The Labute approximate surface area is 118 Å². The third-order valence-electron chi connectivity index (χ3n) is 2.67. The molecule has 0 aliphatic rings. The number of nitrogens with one attached hydrogen (secondary N) is 1. The number of carbonyl (C=O) groups excluding carboxylic acids is 3. The van der Waals surface area contributed by atoms with E-state index in [1.165, 1.54) is 13.8 Å². The molecular formula is C15H19NO4. The van der Waals surface area contributed by atoms with Gasteiger partial charge in [-0.15, -0.1) is 0 Å². The molecule has 0 radical (unpaired) electrons. The highest BCUT2D eigenvalue weighted by atomic mass is 16.5. The van der Waals surface area contributed by atoms with Gasteiger partial charge in [-0.1, -0.05) is 26.0 Å². The number of ether oxygens (including phenoxy) is 1.